The van der Waals surface area contributed by atoms with Crippen LogP contribution in [0, 0.1) is 24.4 Å². The van der Waals surface area contributed by atoms with Crippen LogP contribution < -0.4 is 4.74 Å². The van der Waals surface area contributed by atoms with Gasteiger partial charge in [0.15, 0.2) is 5.78 Å². The van der Waals surface area contributed by atoms with Crippen LogP contribution in [0.5, 0.6) is 5.75 Å². The Kier molecular flexibility index (Phi) is 3.79. The summed E-state index contributed by atoms with van der Waals surface area (Å²) in [5.41, 5.74) is -0.118. The number of hydrogen-bond acceptors (Lipinski definition) is 2. The summed E-state index contributed by atoms with van der Waals surface area (Å²) < 4.78 is 45.0. The van der Waals surface area contributed by atoms with Gasteiger partial charge in [-0.3, -0.25) is 4.79 Å². The molecule has 0 radical (unpaired) electrons. The number of carbonyl (C=O) groups excluding carboxylic acids is 1. The van der Waals surface area contributed by atoms with Crippen molar-refractivity contribution in [3.05, 3.63) is 64.5 Å². The molecular weight excluding hydrogens is 269 g/mol. The molecule has 104 valence electrons. The number of carbonyl (C=O) groups is 1. The zero-order valence-electron chi connectivity index (χ0n) is 10.8. The number of aryl methyl sites for hydroxylation is 1. The largest absolute Gasteiger partial charge is 0.497 e. The molecule has 0 saturated carbocycles. The number of rotatable bonds is 3. The number of benzene rings is 2. The van der Waals surface area contributed by atoms with Crippen molar-refractivity contribution < 1.29 is 22.7 Å². The molecule has 0 aliphatic heterocycles. The molecule has 0 unspecified atom stereocenters. The summed E-state index contributed by atoms with van der Waals surface area (Å²) in [6, 6.07) is 5.47. The molecule has 2 nitrogen and oxygen atoms in total. The Morgan fingerprint density at radius 3 is 2.15 bits per heavy atom. The standard InChI is InChI=1S/C15H11F3O2/c1-8-5-10(20-2)3-4-11(8)15(19)14-12(17)6-9(16)7-13(14)18/h3-7H,1-2H3. The van der Waals surface area contributed by atoms with Gasteiger partial charge in [-0.1, -0.05) is 0 Å². The molecule has 0 aromatic heterocycles. The van der Waals surface area contributed by atoms with Gasteiger partial charge in [0, 0.05) is 17.7 Å². The Balaban J connectivity index is 2.52. The van der Waals surface area contributed by atoms with Crippen molar-refractivity contribution in [1.29, 1.82) is 0 Å². The highest BCUT2D eigenvalue weighted by atomic mass is 19.1. The molecule has 0 aliphatic carbocycles. The monoisotopic (exact) mass is 280 g/mol. The van der Waals surface area contributed by atoms with Gasteiger partial charge in [-0.05, 0) is 30.7 Å². The fourth-order valence-electron chi connectivity index (χ4n) is 1.91. The maximum absolute atomic E-state index is 13.6. The average Bonchev–Trinajstić information content (AvgIpc) is 2.37. The molecule has 2 aromatic rings. The Morgan fingerprint density at radius 1 is 1.05 bits per heavy atom. The molecule has 0 N–H and O–H groups in total. The molecular formula is C15H11F3O2. The third kappa shape index (κ3) is 2.52. The zero-order valence-corrected chi connectivity index (χ0v) is 10.8. The number of hydrogen-bond donors (Lipinski definition) is 0. The van der Waals surface area contributed by atoms with Crippen LogP contribution in [0.1, 0.15) is 21.5 Å². The Hall–Kier alpha value is -2.30. The lowest BCUT2D eigenvalue weighted by molar-refractivity contribution is 0.103. The van der Waals surface area contributed by atoms with Gasteiger partial charge in [-0.2, -0.15) is 0 Å². The van der Waals surface area contributed by atoms with E-state index in [-0.39, 0.29) is 5.56 Å². The molecule has 0 spiro atoms. The number of methoxy groups -OCH3 is 1. The van der Waals surface area contributed by atoms with Crippen molar-refractivity contribution in [2.45, 2.75) is 6.92 Å². The molecule has 0 amide bonds. The van der Waals surface area contributed by atoms with E-state index in [1.54, 1.807) is 13.0 Å². The smallest absolute Gasteiger partial charge is 0.199 e. The molecule has 0 heterocycles. The first-order valence-corrected chi connectivity index (χ1v) is 5.78. The van der Waals surface area contributed by atoms with Crippen molar-refractivity contribution in [2.75, 3.05) is 7.11 Å². The third-order valence-electron chi connectivity index (χ3n) is 2.91. The van der Waals surface area contributed by atoms with Crippen LogP contribution in [0.15, 0.2) is 30.3 Å². The molecule has 0 saturated heterocycles. The van der Waals surface area contributed by atoms with E-state index in [9.17, 15) is 18.0 Å². The van der Waals surface area contributed by atoms with Gasteiger partial charge in [0.1, 0.15) is 23.2 Å². The first kappa shape index (κ1) is 14.1. The lowest BCUT2D eigenvalue weighted by Gasteiger charge is -2.09. The summed E-state index contributed by atoms with van der Waals surface area (Å²) in [7, 11) is 1.47. The second kappa shape index (κ2) is 5.36. The maximum Gasteiger partial charge on any atom is 0.199 e. The van der Waals surface area contributed by atoms with E-state index in [1.807, 2.05) is 0 Å². The van der Waals surface area contributed by atoms with Gasteiger partial charge < -0.3 is 4.74 Å². The first-order valence-electron chi connectivity index (χ1n) is 5.78. The summed E-state index contributed by atoms with van der Waals surface area (Å²) in [6.45, 7) is 1.62. The molecule has 20 heavy (non-hydrogen) atoms. The van der Waals surface area contributed by atoms with E-state index < -0.39 is 28.8 Å². The highest BCUT2D eigenvalue weighted by Crippen LogP contribution is 2.23. The van der Waals surface area contributed by atoms with E-state index in [0.717, 1.165) is 0 Å². The summed E-state index contributed by atoms with van der Waals surface area (Å²) >= 11 is 0. The normalized spacial score (nSPS) is 10.4. The van der Waals surface area contributed by atoms with Crippen molar-refractivity contribution in [3.63, 3.8) is 0 Å². The van der Waals surface area contributed by atoms with E-state index in [0.29, 0.717) is 23.4 Å². The van der Waals surface area contributed by atoms with Crippen molar-refractivity contribution in [2.24, 2.45) is 0 Å². The molecule has 2 aromatic carbocycles. The van der Waals surface area contributed by atoms with Crippen molar-refractivity contribution >= 4 is 5.78 Å². The van der Waals surface area contributed by atoms with Crippen LogP contribution >= 0.6 is 0 Å². The van der Waals surface area contributed by atoms with Crippen LogP contribution in [0.25, 0.3) is 0 Å². The minimum Gasteiger partial charge on any atom is -0.497 e. The lowest BCUT2D eigenvalue weighted by Crippen LogP contribution is -2.10. The van der Waals surface area contributed by atoms with Gasteiger partial charge in [-0.25, -0.2) is 13.2 Å². The SMILES string of the molecule is COc1ccc(C(=O)c2c(F)cc(F)cc2F)c(C)c1. The van der Waals surface area contributed by atoms with E-state index in [4.69, 9.17) is 4.74 Å². The van der Waals surface area contributed by atoms with E-state index in [1.165, 1.54) is 19.2 Å². The number of ketones is 1. The van der Waals surface area contributed by atoms with Gasteiger partial charge in [0.05, 0.1) is 12.7 Å². The fraction of sp³-hybridized carbons (Fsp3) is 0.133. The van der Waals surface area contributed by atoms with Gasteiger partial charge in [0.25, 0.3) is 0 Å². The van der Waals surface area contributed by atoms with Crippen molar-refractivity contribution in [3.8, 4) is 5.75 Å². The van der Waals surface area contributed by atoms with Crippen molar-refractivity contribution in [1.82, 2.24) is 0 Å². The predicted octanol–water partition coefficient (Wildman–Crippen LogP) is 3.65. The minimum absolute atomic E-state index is 0.134. The summed E-state index contributed by atoms with van der Waals surface area (Å²) in [5, 5.41) is 0. The average molecular weight is 280 g/mol. The van der Waals surface area contributed by atoms with Gasteiger partial charge in [-0.15, -0.1) is 0 Å². The summed E-state index contributed by atoms with van der Waals surface area (Å²) in [4.78, 5) is 12.2. The second-order valence-corrected chi connectivity index (χ2v) is 4.25. The van der Waals surface area contributed by atoms with Crippen LogP contribution in [0.4, 0.5) is 13.2 Å². The molecule has 0 bridgehead atoms. The van der Waals surface area contributed by atoms with E-state index in [2.05, 4.69) is 0 Å². The minimum atomic E-state index is -1.22. The third-order valence-corrected chi connectivity index (χ3v) is 2.91. The molecule has 5 heteroatoms. The summed E-state index contributed by atoms with van der Waals surface area (Å²) in [6.07, 6.45) is 0. The predicted molar refractivity (Wildman–Crippen MR) is 67.5 cm³/mol. The van der Waals surface area contributed by atoms with E-state index >= 15 is 0 Å². The van der Waals surface area contributed by atoms with Crippen LogP contribution in [-0.2, 0) is 0 Å². The highest BCUT2D eigenvalue weighted by Gasteiger charge is 2.21. The zero-order chi connectivity index (χ0) is 14.9. The second-order valence-electron chi connectivity index (χ2n) is 4.25. The maximum atomic E-state index is 13.6. The first-order chi connectivity index (χ1) is 9.43. The fourth-order valence-corrected chi connectivity index (χ4v) is 1.91. The molecule has 0 aliphatic rings. The number of ether oxygens (including phenoxy) is 1. The molecule has 2 rings (SSSR count). The Labute approximate surface area is 113 Å². The Morgan fingerprint density at radius 2 is 1.65 bits per heavy atom. The van der Waals surface area contributed by atoms with Crippen LogP contribution in [0.3, 0.4) is 0 Å². The Bertz CT molecular complexity index is 658. The molecule has 0 fully saturated rings. The highest BCUT2D eigenvalue weighted by molar-refractivity contribution is 6.10. The quantitative estimate of drug-likeness (QED) is 0.802. The summed E-state index contributed by atoms with van der Waals surface area (Å²) in [5.74, 6) is -3.81. The van der Waals surface area contributed by atoms with Gasteiger partial charge in [0.2, 0.25) is 0 Å². The van der Waals surface area contributed by atoms with Crippen LogP contribution in [-0.4, -0.2) is 12.9 Å². The molecule has 0 atom stereocenters. The van der Waals surface area contributed by atoms with Gasteiger partial charge >= 0.3 is 0 Å². The lowest BCUT2D eigenvalue weighted by atomic mass is 9.98. The topological polar surface area (TPSA) is 26.3 Å². The van der Waals surface area contributed by atoms with Crippen LogP contribution in [0.2, 0.25) is 0 Å². The number of halogens is 3.